The molecule has 0 aliphatic rings. The molecule has 0 fully saturated rings. The lowest BCUT2D eigenvalue weighted by Gasteiger charge is -2.03. The molecule has 0 bridgehead atoms. The van der Waals surface area contributed by atoms with Crippen LogP contribution >= 0.6 is 0 Å². The van der Waals surface area contributed by atoms with Gasteiger partial charge in [-0.05, 0) is 36.4 Å². The maximum Gasteiger partial charge on any atom is 0.119 e. The molecular formula is C15H14N4O. The van der Waals surface area contributed by atoms with Crippen LogP contribution in [0.15, 0.2) is 55.0 Å². The van der Waals surface area contributed by atoms with E-state index < -0.39 is 0 Å². The molecule has 0 saturated carbocycles. The minimum Gasteiger partial charge on any atom is -0.497 e. The van der Waals surface area contributed by atoms with Gasteiger partial charge in [0.05, 0.1) is 24.7 Å². The van der Waals surface area contributed by atoms with Crippen molar-refractivity contribution in [1.29, 1.82) is 0 Å². The zero-order valence-corrected chi connectivity index (χ0v) is 11.0. The zero-order chi connectivity index (χ0) is 13.9. The Labute approximate surface area is 116 Å². The zero-order valence-electron chi connectivity index (χ0n) is 11.0. The lowest BCUT2D eigenvalue weighted by molar-refractivity contribution is 0.414. The molecule has 2 heterocycles. The van der Waals surface area contributed by atoms with Crippen LogP contribution in [0.4, 0.5) is 5.69 Å². The Morgan fingerprint density at radius 3 is 2.40 bits per heavy atom. The molecule has 2 N–H and O–H groups in total. The van der Waals surface area contributed by atoms with Gasteiger partial charge in [0.2, 0.25) is 0 Å². The molecule has 2 aromatic heterocycles. The number of hydrogen-bond donors (Lipinski definition) is 1. The number of nitrogens with zero attached hydrogens (tertiary/aromatic N) is 3. The third-order valence-electron chi connectivity index (χ3n) is 3.03. The van der Waals surface area contributed by atoms with E-state index in [-0.39, 0.29) is 0 Å². The fourth-order valence-electron chi connectivity index (χ4n) is 1.99. The van der Waals surface area contributed by atoms with Crippen molar-refractivity contribution < 1.29 is 4.74 Å². The highest BCUT2D eigenvalue weighted by Gasteiger charge is 2.09. The van der Waals surface area contributed by atoms with Gasteiger partial charge in [0.15, 0.2) is 0 Å². The number of aromatic nitrogens is 3. The highest BCUT2D eigenvalue weighted by Crippen LogP contribution is 2.25. The normalized spacial score (nSPS) is 10.4. The largest absolute Gasteiger partial charge is 0.497 e. The van der Waals surface area contributed by atoms with Crippen LogP contribution in [-0.2, 0) is 0 Å². The van der Waals surface area contributed by atoms with Gasteiger partial charge in [-0.25, -0.2) is 4.68 Å². The maximum absolute atomic E-state index is 6.04. The summed E-state index contributed by atoms with van der Waals surface area (Å²) in [5.74, 6) is 0.809. The lowest BCUT2D eigenvalue weighted by Crippen LogP contribution is -1.95. The van der Waals surface area contributed by atoms with Crippen molar-refractivity contribution in [2.45, 2.75) is 0 Å². The number of benzene rings is 1. The van der Waals surface area contributed by atoms with Gasteiger partial charge in [-0.3, -0.25) is 4.98 Å². The van der Waals surface area contributed by atoms with Crippen molar-refractivity contribution in [3.8, 4) is 22.7 Å². The van der Waals surface area contributed by atoms with Gasteiger partial charge in [-0.2, -0.15) is 5.10 Å². The molecule has 20 heavy (non-hydrogen) atoms. The summed E-state index contributed by atoms with van der Waals surface area (Å²) in [5, 5.41) is 4.53. The molecule has 3 aromatic rings. The van der Waals surface area contributed by atoms with Crippen LogP contribution in [0.25, 0.3) is 16.9 Å². The van der Waals surface area contributed by atoms with Crippen LogP contribution in [0.5, 0.6) is 5.75 Å². The Morgan fingerprint density at radius 2 is 1.75 bits per heavy atom. The van der Waals surface area contributed by atoms with Gasteiger partial charge in [0, 0.05) is 18.0 Å². The molecule has 0 atom stereocenters. The van der Waals surface area contributed by atoms with Gasteiger partial charge in [-0.15, -0.1) is 0 Å². The van der Waals surface area contributed by atoms with Crippen LogP contribution in [0, 0.1) is 0 Å². The van der Waals surface area contributed by atoms with Gasteiger partial charge in [-0.1, -0.05) is 0 Å². The topological polar surface area (TPSA) is 66.0 Å². The first-order valence-electron chi connectivity index (χ1n) is 6.18. The minimum atomic E-state index is 0.631. The lowest BCUT2D eigenvalue weighted by atomic mass is 10.2. The molecule has 0 spiro atoms. The van der Waals surface area contributed by atoms with Crippen LogP contribution < -0.4 is 10.5 Å². The number of rotatable bonds is 3. The predicted molar refractivity (Wildman–Crippen MR) is 77.8 cm³/mol. The minimum absolute atomic E-state index is 0.631. The van der Waals surface area contributed by atoms with Crippen molar-refractivity contribution >= 4 is 5.69 Å². The van der Waals surface area contributed by atoms with Crippen LogP contribution in [0.2, 0.25) is 0 Å². The van der Waals surface area contributed by atoms with E-state index in [1.54, 1.807) is 30.4 Å². The molecule has 0 amide bonds. The van der Waals surface area contributed by atoms with E-state index in [1.165, 1.54) is 0 Å². The van der Waals surface area contributed by atoms with E-state index in [0.717, 1.165) is 22.7 Å². The molecule has 100 valence electrons. The van der Waals surface area contributed by atoms with Gasteiger partial charge in [0.1, 0.15) is 11.4 Å². The van der Waals surface area contributed by atoms with Crippen molar-refractivity contribution in [2.24, 2.45) is 0 Å². The molecule has 3 rings (SSSR count). The SMILES string of the molecule is COc1ccc(-n2cc(N)c(-c3ccncc3)n2)cc1. The van der Waals surface area contributed by atoms with E-state index in [1.807, 2.05) is 36.4 Å². The van der Waals surface area contributed by atoms with Crippen LogP contribution in [0.1, 0.15) is 0 Å². The van der Waals surface area contributed by atoms with Crippen LogP contribution in [-0.4, -0.2) is 21.9 Å². The number of methoxy groups -OCH3 is 1. The molecule has 0 radical (unpaired) electrons. The first kappa shape index (κ1) is 12.2. The first-order valence-corrected chi connectivity index (χ1v) is 6.18. The standard InChI is InChI=1S/C15H14N4O/c1-20-13-4-2-12(3-5-13)19-10-14(16)15(18-19)11-6-8-17-9-7-11/h2-10H,16H2,1H3. The van der Waals surface area contributed by atoms with Crippen LogP contribution in [0.3, 0.4) is 0 Å². The summed E-state index contributed by atoms with van der Waals surface area (Å²) >= 11 is 0. The third-order valence-corrected chi connectivity index (χ3v) is 3.03. The molecule has 5 nitrogen and oxygen atoms in total. The van der Waals surface area contributed by atoms with E-state index >= 15 is 0 Å². The Balaban J connectivity index is 2.00. The highest BCUT2D eigenvalue weighted by molar-refractivity contribution is 5.72. The second-order valence-corrected chi connectivity index (χ2v) is 4.31. The summed E-state index contributed by atoms with van der Waals surface area (Å²) in [6, 6.07) is 11.4. The summed E-state index contributed by atoms with van der Waals surface area (Å²) in [5.41, 5.74) is 9.30. The van der Waals surface area contributed by atoms with E-state index in [9.17, 15) is 0 Å². The average Bonchev–Trinajstić information content (AvgIpc) is 2.90. The highest BCUT2D eigenvalue weighted by atomic mass is 16.5. The number of nitrogen functional groups attached to an aromatic ring is 1. The Kier molecular flexibility index (Phi) is 3.09. The Morgan fingerprint density at radius 1 is 1.05 bits per heavy atom. The number of pyridine rings is 1. The first-order chi connectivity index (χ1) is 9.78. The Bertz CT molecular complexity index is 704. The monoisotopic (exact) mass is 266 g/mol. The molecular weight excluding hydrogens is 252 g/mol. The summed E-state index contributed by atoms with van der Waals surface area (Å²) in [4.78, 5) is 4.00. The molecule has 0 aliphatic heterocycles. The van der Waals surface area contributed by atoms with Crippen molar-refractivity contribution in [1.82, 2.24) is 14.8 Å². The Hall–Kier alpha value is -2.82. The van der Waals surface area contributed by atoms with Gasteiger partial charge >= 0.3 is 0 Å². The second kappa shape index (κ2) is 5.05. The number of hydrogen-bond acceptors (Lipinski definition) is 4. The molecule has 0 saturated heterocycles. The number of anilines is 1. The summed E-state index contributed by atoms with van der Waals surface area (Å²) in [6.07, 6.45) is 5.25. The van der Waals surface area contributed by atoms with Gasteiger partial charge < -0.3 is 10.5 Å². The third kappa shape index (κ3) is 2.21. The fourth-order valence-corrected chi connectivity index (χ4v) is 1.99. The summed E-state index contributed by atoms with van der Waals surface area (Å²) < 4.78 is 6.90. The average molecular weight is 266 g/mol. The van der Waals surface area contributed by atoms with Crippen molar-refractivity contribution in [3.63, 3.8) is 0 Å². The quantitative estimate of drug-likeness (QED) is 0.791. The number of ether oxygens (including phenoxy) is 1. The molecule has 0 aliphatic carbocycles. The fraction of sp³-hybridized carbons (Fsp3) is 0.0667. The van der Waals surface area contributed by atoms with E-state index in [0.29, 0.717) is 5.69 Å². The van der Waals surface area contributed by atoms with E-state index in [2.05, 4.69) is 10.1 Å². The molecule has 0 unspecified atom stereocenters. The predicted octanol–water partition coefficient (Wildman–Crippen LogP) is 2.53. The summed E-state index contributed by atoms with van der Waals surface area (Å²) in [7, 11) is 1.64. The van der Waals surface area contributed by atoms with Gasteiger partial charge in [0.25, 0.3) is 0 Å². The van der Waals surface area contributed by atoms with Crippen molar-refractivity contribution in [2.75, 3.05) is 12.8 Å². The second-order valence-electron chi connectivity index (χ2n) is 4.31. The van der Waals surface area contributed by atoms with E-state index in [4.69, 9.17) is 10.5 Å². The molecule has 1 aromatic carbocycles. The number of nitrogens with two attached hydrogens (primary N) is 1. The maximum atomic E-state index is 6.04. The summed E-state index contributed by atoms with van der Waals surface area (Å²) in [6.45, 7) is 0. The molecule has 5 heteroatoms. The smallest absolute Gasteiger partial charge is 0.119 e. The van der Waals surface area contributed by atoms with Crippen molar-refractivity contribution in [3.05, 3.63) is 55.0 Å².